The SMILES string of the molecule is COc1ccc(C(c2ccc(OC)cc2)C(C)OC(=O)[C@H](C)N)cc1. The summed E-state index contributed by atoms with van der Waals surface area (Å²) in [4.78, 5) is 11.9. The number of nitrogens with two attached hydrogens (primary N) is 1. The standard InChI is InChI=1S/C20H25NO4/c1-13(21)20(22)25-14(2)19(15-5-9-17(23-3)10-6-15)16-7-11-18(24-4)12-8-16/h5-14,19H,21H2,1-4H3/t13-,14?/m0/s1. The van der Waals surface area contributed by atoms with Gasteiger partial charge < -0.3 is 19.9 Å². The lowest BCUT2D eigenvalue weighted by molar-refractivity contribution is -0.149. The molecular formula is C20H25NO4. The van der Waals surface area contributed by atoms with Crippen molar-refractivity contribution < 1.29 is 19.0 Å². The molecular weight excluding hydrogens is 318 g/mol. The number of hydrogen-bond acceptors (Lipinski definition) is 5. The number of esters is 1. The molecule has 2 atom stereocenters. The van der Waals surface area contributed by atoms with E-state index in [1.807, 2.05) is 55.5 Å². The van der Waals surface area contributed by atoms with E-state index in [0.29, 0.717) is 0 Å². The van der Waals surface area contributed by atoms with Gasteiger partial charge in [0.15, 0.2) is 0 Å². The van der Waals surface area contributed by atoms with Gasteiger partial charge in [0.2, 0.25) is 0 Å². The monoisotopic (exact) mass is 343 g/mol. The van der Waals surface area contributed by atoms with Crippen LogP contribution in [-0.2, 0) is 9.53 Å². The molecule has 0 fully saturated rings. The fraction of sp³-hybridized carbons (Fsp3) is 0.350. The van der Waals surface area contributed by atoms with Gasteiger partial charge in [-0.25, -0.2) is 0 Å². The Morgan fingerprint density at radius 3 is 1.56 bits per heavy atom. The maximum Gasteiger partial charge on any atom is 0.322 e. The summed E-state index contributed by atoms with van der Waals surface area (Å²) in [6, 6.07) is 14.8. The van der Waals surface area contributed by atoms with Gasteiger partial charge in [0.05, 0.1) is 14.2 Å². The minimum Gasteiger partial charge on any atom is -0.497 e. The van der Waals surface area contributed by atoms with Gasteiger partial charge in [-0.05, 0) is 49.2 Å². The lowest BCUT2D eigenvalue weighted by atomic mass is 9.87. The van der Waals surface area contributed by atoms with Crippen LogP contribution in [0, 0.1) is 0 Å². The summed E-state index contributed by atoms with van der Waals surface area (Å²) in [5.41, 5.74) is 7.68. The largest absolute Gasteiger partial charge is 0.497 e. The summed E-state index contributed by atoms with van der Waals surface area (Å²) in [5.74, 6) is 1.01. The van der Waals surface area contributed by atoms with Gasteiger partial charge in [-0.15, -0.1) is 0 Å². The number of benzene rings is 2. The molecule has 25 heavy (non-hydrogen) atoms. The average molecular weight is 343 g/mol. The molecule has 1 unspecified atom stereocenters. The Hall–Kier alpha value is -2.53. The van der Waals surface area contributed by atoms with Crippen molar-refractivity contribution in [2.75, 3.05) is 14.2 Å². The lowest BCUT2D eigenvalue weighted by Crippen LogP contribution is -2.33. The zero-order valence-electron chi connectivity index (χ0n) is 15.1. The van der Waals surface area contributed by atoms with Crippen molar-refractivity contribution in [3.05, 3.63) is 59.7 Å². The Balaban J connectivity index is 2.36. The molecule has 5 heteroatoms. The van der Waals surface area contributed by atoms with Crippen molar-refractivity contribution in [2.45, 2.75) is 31.9 Å². The summed E-state index contributed by atoms with van der Waals surface area (Å²) < 4.78 is 16.0. The minimum atomic E-state index is -0.658. The Morgan fingerprint density at radius 1 is 0.840 bits per heavy atom. The molecule has 0 radical (unpaired) electrons. The van der Waals surface area contributed by atoms with E-state index < -0.39 is 12.0 Å². The third-order valence-electron chi connectivity index (χ3n) is 4.09. The molecule has 0 aromatic heterocycles. The van der Waals surface area contributed by atoms with E-state index in [-0.39, 0.29) is 12.0 Å². The van der Waals surface area contributed by atoms with Crippen molar-refractivity contribution in [3.63, 3.8) is 0 Å². The highest BCUT2D eigenvalue weighted by atomic mass is 16.5. The lowest BCUT2D eigenvalue weighted by Gasteiger charge is -2.26. The highest BCUT2D eigenvalue weighted by Gasteiger charge is 2.26. The first-order valence-electron chi connectivity index (χ1n) is 8.20. The molecule has 2 aromatic carbocycles. The Morgan fingerprint density at radius 2 is 1.24 bits per heavy atom. The van der Waals surface area contributed by atoms with E-state index in [0.717, 1.165) is 22.6 Å². The summed E-state index contributed by atoms with van der Waals surface area (Å²) in [6.07, 6.45) is -0.375. The van der Waals surface area contributed by atoms with Crippen molar-refractivity contribution in [1.29, 1.82) is 0 Å². The van der Waals surface area contributed by atoms with Crippen molar-refractivity contribution >= 4 is 5.97 Å². The summed E-state index contributed by atoms with van der Waals surface area (Å²) >= 11 is 0. The molecule has 2 aromatic rings. The molecule has 5 nitrogen and oxygen atoms in total. The molecule has 2 N–H and O–H groups in total. The van der Waals surface area contributed by atoms with Crippen LogP contribution in [0.4, 0.5) is 0 Å². The molecule has 0 amide bonds. The zero-order chi connectivity index (χ0) is 18.4. The first kappa shape index (κ1) is 18.8. The molecule has 0 spiro atoms. The molecule has 0 bridgehead atoms. The third kappa shape index (κ3) is 4.73. The molecule has 0 saturated heterocycles. The number of carbonyl (C=O) groups excluding carboxylic acids is 1. The predicted octanol–water partition coefficient (Wildman–Crippen LogP) is 3.11. The second-order valence-electron chi connectivity index (χ2n) is 5.95. The smallest absolute Gasteiger partial charge is 0.322 e. The molecule has 134 valence electrons. The third-order valence-corrected chi connectivity index (χ3v) is 4.09. The summed E-state index contributed by atoms with van der Waals surface area (Å²) in [7, 11) is 3.26. The number of hydrogen-bond donors (Lipinski definition) is 1. The van der Waals surface area contributed by atoms with Crippen LogP contribution in [-0.4, -0.2) is 32.3 Å². The first-order valence-corrected chi connectivity index (χ1v) is 8.20. The molecule has 2 rings (SSSR count). The van der Waals surface area contributed by atoms with Crippen LogP contribution in [0.3, 0.4) is 0 Å². The molecule has 0 saturated carbocycles. The highest BCUT2D eigenvalue weighted by molar-refractivity contribution is 5.75. The fourth-order valence-corrected chi connectivity index (χ4v) is 2.72. The van der Waals surface area contributed by atoms with Gasteiger partial charge in [0, 0.05) is 5.92 Å². The van der Waals surface area contributed by atoms with Gasteiger partial charge in [-0.1, -0.05) is 24.3 Å². The molecule has 0 aliphatic carbocycles. The van der Waals surface area contributed by atoms with Gasteiger partial charge >= 0.3 is 5.97 Å². The zero-order valence-corrected chi connectivity index (χ0v) is 15.1. The van der Waals surface area contributed by atoms with E-state index in [1.54, 1.807) is 21.1 Å². The van der Waals surface area contributed by atoms with E-state index in [1.165, 1.54) is 0 Å². The maximum absolute atomic E-state index is 11.9. The number of methoxy groups -OCH3 is 2. The maximum atomic E-state index is 11.9. The predicted molar refractivity (Wildman–Crippen MR) is 97.0 cm³/mol. The number of ether oxygens (including phenoxy) is 3. The summed E-state index contributed by atoms with van der Waals surface area (Å²) in [5, 5.41) is 0. The fourth-order valence-electron chi connectivity index (χ4n) is 2.72. The Bertz CT molecular complexity index is 632. The van der Waals surface area contributed by atoms with Crippen LogP contribution in [0.2, 0.25) is 0 Å². The van der Waals surface area contributed by atoms with Crippen molar-refractivity contribution in [2.24, 2.45) is 5.73 Å². The number of rotatable bonds is 7. The van der Waals surface area contributed by atoms with Gasteiger partial charge in [-0.2, -0.15) is 0 Å². The molecule has 0 aliphatic heterocycles. The average Bonchev–Trinajstić information content (AvgIpc) is 2.63. The normalized spacial score (nSPS) is 13.2. The van der Waals surface area contributed by atoms with E-state index in [9.17, 15) is 4.79 Å². The van der Waals surface area contributed by atoms with Crippen LogP contribution in [0.5, 0.6) is 11.5 Å². The highest BCUT2D eigenvalue weighted by Crippen LogP contribution is 2.32. The second kappa shape index (κ2) is 8.53. The molecule has 0 heterocycles. The van der Waals surface area contributed by atoms with E-state index in [4.69, 9.17) is 19.9 Å². The second-order valence-corrected chi connectivity index (χ2v) is 5.95. The number of carbonyl (C=O) groups is 1. The van der Waals surface area contributed by atoms with E-state index in [2.05, 4.69) is 0 Å². The van der Waals surface area contributed by atoms with Gasteiger partial charge in [0.1, 0.15) is 23.6 Å². The van der Waals surface area contributed by atoms with Crippen LogP contribution in [0.25, 0.3) is 0 Å². The van der Waals surface area contributed by atoms with Crippen LogP contribution < -0.4 is 15.2 Å². The van der Waals surface area contributed by atoms with Gasteiger partial charge in [0.25, 0.3) is 0 Å². The quantitative estimate of drug-likeness (QED) is 0.782. The Kier molecular flexibility index (Phi) is 6.42. The Labute approximate surface area is 148 Å². The van der Waals surface area contributed by atoms with Crippen LogP contribution in [0.1, 0.15) is 30.9 Å². The first-order chi connectivity index (χ1) is 12.0. The van der Waals surface area contributed by atoms with E-state index >= 15 is 0 Å². The summed E-state index contributed by atoms with van der Waals surface area (Å²) in [6.45, 7) is 3.49. The van der Waals surface area contributed by atoms with Crippen LogP contribution in [0.15, 0.2) is 48.5 Å². The van der Waals surface area contributed by atoms with Crippen molar-refractivity contribution in [1.82, 2.24) is 0 Å². The van der Waals surface area contributed by atoms with Crippen LogP contribution >= 0.6 is 0 Å². The topological polar surface area (TPSA) is 70.8 Å². The minimum absolute atomic E-state index is 0.125. The molecule has 0 aliphatic rings. The van der Waals surface area contributed by atoms with Crippen molar-refractivity contribution in [3.8, 4) is 11.5 Å². The van der Waals surface area contributed by atoms with Gasteiger partial charge in [-0.3, -0.25) is 4.79 Å².